The van der Waals surface area contributed by atoms with Crippen LogP contribution in [0.1, 0.15) is 5.56 Å². The van der Waals surface area contributed by atoms with Crippen molar-refractivity contribution in [3.8, 4) is 28.7 Å². The summed E-state index contributed by atoms with van der Waals surface area (Å²) in [5, 5.41) is 103. The number of phenols is 4. The highest BCUT2D eigenvalue weighted by Crippen LogP contribution is 2.51. The summed E-state index contributed by atoms with van der Waals surface area (Å²) in [5.74, 6) is -3.97. The molecule has 0 aliphatic heterocycles. The van der Waals surface area contributed by atoms with Crippen molar-refractivity contribution in [1.29, 1.82) is 5.53 Å². The molecule has 0 atom stereocenters. The van der Waals surface area contributed by atoms with Crippen molar-refractivity contribution in [2.45, 2.75) is 46.1 Å². The Bertz CT molecular complexity index is 6750. The number of para-hydroxylation sites is 1. The van der Waals surface area contributed by atoms with E-state index in [0.29, 0.717) is 23.5 Å². The number of aryl methyl sites for hydroxylation is 1. The van der Waals surface area contributed by atoms with Crippen LogP contribution in [-0.2, 0) is 89.6 Å². The van der Waals surface area contributed by atoms with E-state index in [1.807, 2.05) is 0 Å². The maximum Gasteiger partial charge on any atom is 0.297 e. The molecule has 0 bridgehead atoms. The number of aromatic hydroxyl groups is 4. The number of nitrogens with zero attached hydrogens (tertiary/aromatic N) is 9. The molecule has 112 heavy (non-hydrogen) atoms. The van der Waals surface area contributed by atoms with Crippen molar-refractivity contribution < 1.29 is 145 Å². The van der Waals surface area contributed by atoms with E-state index in [9.17, 15) is 111 Å². The van der Waals surface area contributed by atoms with Crippen LogP contribution in [0.5, 0.6) is 28.7 Å². The molecule has 17 N–H and O–H groups in total. The van der Waals surface area contributed by atoms with Crippen molar-refractivity contribution in [2.24, 2.45) is 46.0 Å². The summed E-state index contributed by atoms with van der Waals surface area (Å²) in [5.41, 5.74) is 9.62. The van der Waals surface area contributed by atoms with E-state index >= 15 is 0 Å². The predicted octanol–water partition coefficient (Wildman–Crippen LogP) is 14.3. The number of azo groups is 4. The van der Waals surface area contributed by atoms with Gasteiger partial charge in [0.2, 0.25) is 0 Å². The first kappa shape index (κ1) is 83.4. The fraction of sp³-hybridized carbons (Fsp3) is 0.0169. The lowest BCUT2D eigenvalue weighted by atomic mass is 10.0. The normalized spacial score (nSPS) is 12.8. The van der Waals surface area contributed by atoms with Gasteiger partial charge in [-0.1, -0.05) is 44.7 Å². The minimum Gasteiger partial charge on any atom is -0.507 e. The molecule has 0 saturated heterocycles. The molecule has 586 valence electrons. The van der Waals surface area contributed by atoms with Gasteiger partial charge in [0.05, 0.1) is 54.9 Å². The number of hydrogen-bond acceptors (Lipinski definition) is 39. The summed E-state index contributed by atoms with van der Waals surface area (Å²) < 4.78 is 254. The van der Waals surface area contributed by atoms with Crippen molar-refractivity contribution in [1.82, 2.24) is 0 Å². The minimum absolute atomic E-state index is 0.0242. The van der Waals surface area contributed by atoms with Gasteiger partial charge in [0.15, 0.2) is 23.0 Å². The average Bonchev–Trinajstić information content (AvgIpc) is 0.755. The topological polar surface area (TPSA) is 721 Å². The van der Waals surface area contributed by atoms with Gasteiger partial charge in [-0.2, -0.15) is 69.2 Å². The monoisotopic (exact) mass is 1720 g/mol. The van der Waals surface area contributed by atoms with Gasteiger partial charge < -0.3 is 35.7 Å². The third-order valence-corrected chi connectivity index (χ3v) is 22.4. The molecule has 0 unspecified atom stereocenters. The molecule has 0 saturated carbocycles. The Hall–Kier alpha value is -11.1. The molecule has 0 aromatic heterocycles. The second-order valence-corrected chi connectivity index (χ2v) is 33.1. The van der Waals surface area contributed by atoms with E-state index in [1.54, 1.807) is 30.3 Å². The van der Waals surface area contributed by atoms with Gasteiger partial charge in [0.25, 0.3) is 83.2 Å². The third kappa shape index (κ3) is 18.2. The minimum atomic E-state index is -5.36. The van der Waals surface area contributed by atoms with Crippen LogP contribution in [0.2, 0.25) is 0 Å². The summed E-state index contributed by atoms with van der Waals surface area (Å²) >= 11 is 0.110. The first-order valence-corrected chi connectivity index (χ1v) is 40.8. The number of fused-ring (bicyclic) bond motifs is 4. The molecule has 11 aromatic rings. The zero-order valence-corrected chi connectivity index (χ0v) is 62.1. The van der Waals surface area contributed by atoms with Crippen molar-refractivity contribution >= 4 is 207 Å². The lowest BCUT2D eigenvalue weighted by Gasteiger charge is -2.15. The second kappa shape index (κ2) is 32.3. The molecular formula is C59H44N12O32S9. The van der Waals surface area contributed by atoms with Gasteiger partial charge in [-0.25, -0.2) is 16.0 Å². The molecule has 0 aliphatic rings. The number of nitrogens with one attached hydrogen (secondary N) is 2. The van der Waals surface area contributed by atoms with Crippen LogP contribution in [0.3, 0.4) is 0 Å². The van der Waals surface area contributed by atoms with Crippen LogP contribution >= 0.6 is 24.4 Å². The number of nitrogens with two attached hydrogens (primary N) is 1. The summed E-state index contributed by atoms with van der Waals surface area (Å²) in [7, 11) is -35.7. The zero-order chi connectivity index (χ0) is 82.1. The molecular weight excluding hydrogens is 1680 g/mol. The van der Waals surface area contributed by atoms with Crippen LogP contribution in [0.15, 0.2) is 231 Å². The van der Waals surface area contributed by atoms with Gasteiger partial charge >= 0.3 is 0 Å². The van der Waals surface area contributed by atoms with E-state index in [1.165, 1.54) is 31.2 Å². The lowest BCUT2D eigenvalue weighted by Crippen LogP contribution is -2.03. The Kier molecular flexibility index (Phi) is 24.0. The largest absolute Gasteiger partial charge is 0.507 e. The van der Waals surface area contributed by atoms with Gasteiger partial charge in [-0.3, -0.25) is 31.9 Å². The number of phenolic OH excluding ortho intramolecular Hbond substituents is 4. The Morgan fingerprint density at radius 3 is 1.46 bits per heavy atom. The fourth-order valence-electron chi connectivity index (χ4n) is 10.4. The maximum absolute atomic E-state index is 12.9. The van der Waals surface area contributed by atoms with Crippen LogP contribution in [0.4, 0.5) is 68.2 Å². The summed E-state index contributed by atoms with van der Waals surface area (Å²) in [6.07, 6.45) is 0. The summed E-state index contributed by atoms with van der Waals surface area (Å²) in [6.45, 7) is 1.39. The van der Waals surface area contributed by atoms with Crippen molar-refractivity contribution in [3.05, 3.63) is 151 Å². The molecule has 44 nitrogen and oxygen atoms in total. The van der Waals surface area contributed by atoms with Crippen LogP contribution in [-0.4, -0.2) is 122 Å². The zero-order valence-electron chi connectivity index (χ0n) is 54.7. The van der Waals surface area contributed by atoms with E-state index in [-0.39, 0.29) is 84.5 Å². The Morgan fingerprint density at radius 2 is 0.893 bits per heavy atom. The predicted molar refractivity (Wildman–Crippen MR) is 388 cm³/mol. The van der Waals surface area contributed by atoms with Crippen molar-refractivity contribution in [2.75, 3.05) is 11.1 Å². The Labute approximate surface area is 635 Å². The third-order valence-electron chi connectivity index (χ3n) is 15.2. The van der Waals surface area contributed by atoms with Gasteiger partial charge in [-0.15, -0.1) is 40.1 Å². The van der Waals surface area contributed by atoms with Gasteiger partial charge in [0, 0.05) is 50.1 Å². The van der Waals surface area contributed by atoms with Gasteiger partial charge in [-0.05, 0) is 121 Å². The highest BCUT2D eigenvalue weighted by Gasteiger charge is 2.31. The van der Waals surface area contributed by atoms with Gasteiger partial charge in [0.1, 0.15) is 70.0 Å². The highest BCUT2D eigenvalue weighted by atomic mass is 32.2. The first-order valence-electron chi connectivity index (χ1n) is 29.3. The van der Waals surface area contributed by atoms with Crippen LogP contribution in [0, 0.1) is 12.5 Å². The molecule has 0 spiro atoms. The smallest absolute Gasteiger partial charge is 0.297 e. The Morgan fingerprint density at radius 1 is 0.420 bits per heavy atom. The molecule has 0 amide bonds. The molecule has 0 radical (unpaired) electrons. The van der Waals surface area contributed by atoms with Crippen LogP contribution < -0.4 is 15.2 Å². The molecule has 0 aliphatic carbocycles. The molecule has 11 aromatic carbocycles. The SMILES string of the molecule is Cc1cc(N=Nc2c(S(=O)(=O)O)cc3c(S(=O)(=O)O)c(N=N)ccc3c2O)c(OSOOO)cc1N=Nc1cc(S(=O)(=O)O)cc2cc(S(=O)(=O)O)cc(O)c12.Nc1c(Nc2ccccc2)ccc2c(O)c(N=Nc3ccc4c(O)c(N=Nc5ccccc5S(=O)(=O)O)c(SOOO)cc4c3S(=O)(=O)O)c(S(=O)(=O)O)cc12. The lowest BCUT2D eigenvalue weighted by molar-refractivity contribution is -0.433. The molecule has 0 fully saturated rings. The Balaban J connectivity index is 0.000000238. The number of rotatable bonds is 25. The number of nitrogen functional groups attached to an aromatic ring is 1. The van der Waals surface area contributed by atoms with E-state index in [4.69, 9.17) is 26.0 Å². The second-order valence-electron chi connectivity index (χ2n) is 22.2. The standard InChI is InChI=1S/C32H24N6O14S4.C27H20N6O18S5/c33-27-19-15-26(55(45,46)47)29(31(40)17(19)10-12-22(27)34-16-6-2-1-3-7-16)38-36-23-13-11-18-20(32(23)56(48,49)50)14-24(53-52-51-41)28(30(18)39)37-35-21-8-4-5-9-25(21)54(42,43)44;1-11-4-19(31-33-25-23(55(43,44)45)9-16-15(26(25)35)2-3-17(29-28)27(16)56(46,47)48)22(49-52-51-50-36)10-18(11)30-32-20-7-13(53(37,38)39)5-12-6-14(54(40,41)42)8-21(34)24(12)20/h1-15,34,39-41H,33H2,(H,42,43,44)(H,45,46,47)(H,48,49,50);2-10,28,34-36H,1H3,(H,37,38,39)(H,40,41,42)(H,43,44,45)(H,46,47,48). The van der Waals surface area contributed by atoms with Crippen molar-refractivity contribution in [3.63, 3.8) is 0 Å². The number of hydrogen-bond donors (Lipinski definition) is 16. The van der Waals surface area contributed by atoms with E-state index < -0.39 is 184 Å². The highest BCUT2D eigenvalue weighted by molar-refractivity contribution is 7.94. The van der Waals surface area contributed by atoms with E-state index in [2.05, 4.69) is 70.1 Å². The molecule has 0 heterocycles. The van der Waals surface area contributed by atoms with E-state index in [0.717, 1.165) is 78.9 Å². The maximum atomic E-state index is 12.9. The summed E-state index contributed by atoms with van der Waals surface area (Å²) in [6, 6.07) is 27.9. The average molecular weight is 1720 g/mol. The fourth-order valence-corrected chi connectivity index (χ4v) is 15.8. The summed E-state index contributed by atoms with van der Waals surface area (Å²) in [4.78, 5) is -6.98. The first-order chi connectivity index (χ1) is 52.3. The number of anilines is 3. The number of benzene rings is 11. The van der Waals surface area contributed by atoms with Crippen LogP contribution in [0.25, 0.3) is 43.1 Å². The molecule has 11 rings (SSSR count). The quantitative estimate of drug-likeness (QED) is 0.00480. The molecule has 53 heteroatoms.